The van der Waals surface area contributed by atoms with E-state index in [2.05, 4.69) is 36.4 Å². The number of hydrogen-bond donors (Lipinski definition) is 0. The lowest BCUT2D eigenvalue weighted by Crippen LogP contribution is -2.33. The van der Waals surface area contributed by atoms with Gasteiger partial charge in [-0.1, -0.05) is 54.6 Å². The summed E-state index contributed by atoms with van der Waals surface area (Å²) >= 11 is 0. The van der Waals surface area contributed by atoms with Crippen molar-refractivity contribution in [3.63, 3.8) is 0 Å². The van der Waals surface area contributed by atoms with Crippen molar-refractivity contribution in [2.24, 2.45) is 0 Å². The quantitative estimate of drug-likeness (QED) is 0.446. The normalized spacial score (nSPS) is 11.1. The lowest BCUT2D eigenvalue weighted by molar-refractivity contribution is 0.414. The molecule has 4 rings (SSSR count). The summed E-state index contributed by atoms with van der Waals surface area (Å²) in [6.07, 6.45) is 3.57. The first kappa shape index (κ1) is 18.7. The van der Waals surface area contributed by atoms with Crippen molar-refractivity contribution in [3.8, 4) is 11.5 Å². The molecule has 0 unspecified atom stereocenters. The van der Waals surface area contributed by atoms with Gasteiger partial charge in [-0.15, -0.1) is 0 Å². The molecule has 1 heterocycles. The van der Waals surface area contributed by atoms with Gasteiger partial charge in [0, 0.05) is 12.4 Å². The van der Waals surface area contributed by atoms with Crippen LogP contribution < -0.4 is 9.47 Å². The van der Waals surface area contributed by atoms with E-state index in [0.717, 1.165) is 28.2 Å². The SMILES string of the molecule is COc1ccc(C(c2ccccc2)(c2ccc(OC)cc2)c2ncccn2)cc1. The summed E-state index contributed by atoms with van der Waals surface area (Å²) in [5.74, 6) is 2.32. The Morgan fingerprint density at radius 3 is 1.45 bits per heavy atom. The average Bonchev–Trinajstić information content (AvgIpc) is 2.82. The first-order valence-corrected chi connectivity index (χ1v) is 9.41. The van der Waals surface area contributed by atoms with Crippen LogP contribution >= 0.6 is 0 Å². The van der Waals surface area contributed by atoms with Crippen LogP contribution in [0.5, 0.6) is 11.5 Å². The lowest BCUT2D eigenvalue weighted by Gasteiger charge is -2.34. The molecule has 0 saturated carbocycles. The Morgan fingerprint density at radius 2 is 1.00 bits per heavy atom. The Morgan fingerprint density at radius 1 is 0.552 bits per heavy atom. The molecule has 1 aromatic heterocycles. The third kappa shape index (κ3) is 3.34. The van der Waals surface area contributed by atoms with Gasteiger partial charge in [0.15, 0.2) is 0 Å². The van der Waals surface area contributed by atoms with Crippen LogP contribution in [0, 0.1) is 0 Å². The summed E-state index contributed by atoms with van der Waals surface area (Å²) in [6.45, 7) is 0. The maximum absolute atomic E-state index is 5.38. The fourth-order valence-electron chi connectivity index (χ4n) is 3.75. The molecule has 0 spiro atoms. The van der Waals surface area contributed by atoms with Crippen LogP contribution in [0.4, 0.5) is 0 Å². The van der Waals surface area contributed by atoms with Gasteiger partial charge < -0.3 is 9.47 Å². The van der Waals surface area contributed by atoms with Crippen molar-refractivity contribution in [2.75, 3.05) is 14.2 Å². The molecule has 0 bridgehead atoms. The fourth-order valence-corrected chi connectivity index (χ4v) is 3.75. The zero-order chi connectivity index (χ0) is 20.1. The highest BCUT2D eigenvalue weighted by Gasteiger charge is 2.41. The van der Waals surface area contributed by atoms with E-state index in [9.17, 15) is 0 Å². The summed E-state index contributed by atoms with van der Waals surface area (Å²) < 4.78 is 10.8. The molecule has 0 fully saturated rings. The molecule has 0 atom stereocenters. The highest BCUT2D eigenvalue weighted by molar-refractivity contribution is 5.57. The molecule has 29 heavy (non-hydrogen) atoms. The van der Waals surface area contributed by atoms with E-state index >= 15 is 0 Å². The second-order valence-electron chi connectivity index (χ2n) is 6.65. The van der Waals surface area contributed by atoms with Crippen molar-refractivity contribution in [3.05, 3.63) is 120 Å². The Labute approximate surface area is 170 Å². The van der Waals surface area contributed by atoms with Crippen molar-refractivity contribution in [1.82, 2.24) is 9.97 Å². The highest BCUT2D eigenvalue weighted by atomic mass is 16.5. The van der Waals surface area contributed by atoms with Crippen LogP contribution in [0.3, 0.4) is 0 Å². The largest absolute Gasteiger partial charge is 0.497 e. The number of nitrogens with zero attached hydrogens (tertiary/aromatic N) is 2. The standard InChI is InChI=1S/C25H22N2O2/c1-28-22-13-9-20(10-14-22)25(19-7-4-3-5-8-19,24-26-17-6-18-27-24)21-11-15-23(29-2)16-12-21/h3-18H,1-2H3. The molecular formula is C25H22N2O2. The summed E-state index contributed by atoms with van der Waals surface area (Å²) in [6, 6.07) is 28.4. The van der Waals surface area contributed by atoms with Crippen LogP contribution in [0.15, 0.2) is 97.3 Å². The summed E-state index contributed by atoms with van der Waals surface area (Å²) in [5, 5.41) is 0. The minimum atomic E-state index is -0.680. The van der Waals surface area contributed by atoms with Gasteiger partial charge in [-0.05, 0) is 47.0 Å². The van der Waals surface area contributed by atoms with E-state index in [-0.39, 0.29) is 0 Å². The van der Waals surface area contributed by atoms with Gasteiger partial charge in [-0.2, -0.15) is 0 Å². The number of benzene rings is 3. The number of methoxy groups -OCH3 is 2. The van der Waals surface area contributed by atoms with E-state index in [1.54, 1.807) is 26.6 Å². The van der Waals surface area contributed by atoms with E-state index < -0.39 is 5.41 Å². The van der Waals surface area contributed by atoms with Gasteiger partial charge in [-0.25, -0.2) is 9.97 Å². The summed E-state index contributed by atoms with van der Waals surface area (Å²) in [7, 11) is 3.34. The van der Waals surface area contributed by atoms with E-state index in [0.29, 0.717) is 5.82 Å². The minimum absolute atomic E-state index is 0.680. The number of aromatic nitrogens is 2. The van der Waals surface area contributed by atoms with Gasteiger partial charge in [0.1, 0.15) is 22.7 Å². The molecule has 3 aromatic carbocycles. The van der Waals surface area contributed by atoms with Gasteiger partial charge in [0.05, 0.1) is 14.2 Å². The van der Waals surface area contributed by atoms with Gasteiger partial charge in [-0.3, -0.25) is 0 Å². The molecule has 4 nitrogen and oxygen atoms in total. The van der Waals surface area contributed by atoms with Crippen molar-refractivity contribution >= 4 is 0 Å². The first-order valence-electron chi connectivity index (χ1n) is 9.41. The average molecular weight is 382 g/mol. The highest BCUT2D eigenvalue weighted by Crippen LogP contribution is 2.44. The van der Waals surface area contributed by atoms with Crippen molar-refractivity contribution in [1.29, 1.82) is 0 Å². The zero-order valence-electron chi connectivity index (χ0n) is 16.4. The third-order valence-electron chi connectivity index (χ3n) is 5.15. The van der Waals surface area contributed by atoms with Crippen LogP contribution in [0.2, 0.25) is 0 Å². The van der Waals surface area contributed by atoms with Crippen LogP contribution in [-0.4, -0.2) is 24.2 Å². The topological polar surface area (TPSA) is 44.2 Å². The third-order valence-corrected chi connectivity index (χ3v) is 5.15. The monoisotopic (exact) mass is 382 g/mol. The maximum atomic E-state index is 5.38. The van der Waals surface area contributed by atoms with Gasteiger partial charge >= 0.3 is 0 Å². The molecular weight excluding hydrogens is 360 g/mol. The molecule has 144 valence electrons. The second kappa shape index (κ2) is 8.15. The first-order chi connectivity index (χ1) is 14.3. The number of rotatable bonds is 6. The molecule has 0 radical (unpaired) electrons. The predicted octanol–water partition coefficient (Wildman–Crippen LogP) is 4.88. The van der Waals surface area contributed by atoms with Crippen molar-refractivity contribution < 1.29 is 9.47 Å². The van der Waals surface area contributed by atoms with Gasteiger partial charge in [0.2, 0.25) is 0 Å². The maximum Gasteiger partial charge on any atom is 0.147 e. The zero-order valence-corrected chi connectivity index (χ0v) is 16.4. The van der Waals surface area contributed by atoms with E-state index in [4.69, 9.17) is 19.4 Å². The molecule has 0 aliphatic carbocycles. The molecule has 4 aromatic rings. The summed E-state index contributed by atoms with van der Waals surface area (Å²) in [4.78, 5) is 9.38. The number of hydrogen-bond acceptors (Lipinski definition) is 4. The Balaban J connectivity index is 2.06. The predicted molar refractivity (Wildman–Crippen MR) is 113 cm³/mol. The number of ether oxygens (including phenoxy) is 2. The molecule has 0 amide bonds. The lowest BCUT2D eigenvalue weighted by atomic mass is 9.68. The Hall–Kier alpha value is -3.66. The van der Waals surface area contributed by atoms with Gasteiger partial charge in [0.25, 0.3) is 0 Å². The Kier molecular flexibility index (Phi) is 5.25. The van der Waals surface area contributed by atoms with Crippen LogP contribution in [-0.2, 0) is 5.41 Å². The second-order valence-corrected chi connectivity index (χ2v) is 6.65. The van der Waals surface area contributed by atoms with Crippen LogP contribution in [0.1, 0.15) is 22.5 Å². The molecule has 0 N–H and O–H groups in total. The molecule has 4 heteroatoms. The van der Waals surface area contributed by atoms with E-state index in [1.807, 2.05) is 48.5 Å². The van der Waals surface area contributed by atoms with Crippen molar-refractivity contribution in [2.45, 2.75) is 5.41 Å². The van der Waals surface area contributed by atoms with E-state index in [1.165, 1.54) is 0 Å². The Bertz CT molecular complexity index is 958. The molecule has 0 saturated heterocycles. The minimum Gasteiger partial charge on any atom is -0.497 e. The summed E-state index contributed by atoms with van der Waals surface area (Å²) in [5.41, 5.74) is 2.52. The molecule has 0 aliphatic heterocycles. The fraction of sp³-hybridized carbons (Fsp3) is 0.120. The smallest absolute Gasteiger partial charge is 0.147 e. The molecule has 0 aliphatic rings. The van der Waals surface area contributed by atoms with Crippen LogP contribution in [0.25, 0.3) is 0 Å².